The van der Waals surface area contributed by atoms with E-state index in [1.807, 2.05) is 25.1 Å². The van der Waals surface area contributed by atoms with Crippen LogP contribution in [0.25, 0.3) is 0 Å². The molecule has 1 N–H and O–H groups in total. The van der Waals surface area contributed by atoms with Crippen molar-refractivity contribution >= 4 is 23.3 Å². The number of benzene rings is 1. The topological polar surface area (TPSA) is 74.8 Å². The highest BCUT2D eigenvalue weighted by Crippen LogP contribution is 2.27. The van der Waals surface area contributed by atoms with Gasteiger partial charge in [0, 0.05) is 39.3 Å². The van der Waals surface area contributed by atoms with E-state index in [1.165, 1.54) is 0 Å². The summed E-state index contributed by atoms with van der Waals surface area (Å²) in [6, 6.07) is 9.40. The highest BCUT2D eigenvalue weighted by molar-refractivity contribution is 5.94. The van der Waals surface area contributed by atoms with Crippen LogP contribution in [0.2, 0.25) is 0 Å². The monoisotopic (exact) mass is 368 g/mol. The van der Waals surface area contributed by atoms with Gasteiger partial charge in [-0.3, -0.25) is 9.59 Å². The Kier molecular flexibility index (Phi) is 5.59. The van der Waals surface area contributed by atoms with Crippen LogP contribution in [0.15, 0.2) is 36.5 Å². The van der Waals surface area contributed by atoms with Crippen LogP contribution >= 0.6 is 0 Å². The van der Waals surface area contributed by atoms with Crippen LogP contribution < -0.4 is 10.1 Å². The molecule has 0 saturated carbocycles. The van der Waals surface area contributed by atoms with E-state index in [0.717, 1.165) is 17.0 Å². The lowest BCUT2D eigenvalue weighted by Gasteiger charge is -2.34. The Morgan fingerprint density at radius 2 is 1.78 bits per heavy atom. The van der Waals surface area contributed by atoms with E-state index in [4.69, 9.17) is 4.74 Å². The molecule has 0 unspecified atom stereocenters. The Hall–Kier alpha value is -3.09. The average Bonchev–Trinajstić information content (AvgIpc) is 2.68. The molecule has 1 aromatic carbocycles. The first kappa shape index (κ1) is 18.7. The molecule has 2 aromatic rings. The van der Waals surface area contributed by atoms with E-state index in [1.54, 1.807) is 42.2 Å². The van der Waals surface area contributed by atoms with Gasteiger partial charge in [-0.05, 0) is 36.8 Å². The Bertz CT molecular complexity index is 828. The molecule has 0 radical (unpaired) electrons. The van der Waals surface area contributed by atoms with Gasteiger partial charge < -0.3 is 19.9 Å². The zero-order chi connectivity index (χ0) is 19.4. The minimum absolute atomic E-state index is 0.0470. The summed E-state index contributed by atoms with van der Waals surface area (Å²) in [4.78, 5) is 31.9. The van der Waals surface area contributed by atoms with Crippen molar-refractivity contribution < 1.29 is 14.3 Å². The van der Waals surface area contributed by atoms with Crippen molar-refractivity contribution in [2.45, 2.75) is 13.8 Å². The number of rotatable bonds is 4. The molecule has 27 heavy (non-hydrogen) atoms. The SMILES string of the molecule is COc1ccc(C)cc1Nc1ccc(C(=O)N2CCN(C(C)=O)CC2)cn1. The summed E-state index contributed by atoms with van der Waals surface area (Å²) in [7, 11) is 1.62. The third kappa shape index (κ3) is 4.36. The first-order valence-corrected chi connectivity index (χ1v) is 8.90. The maximum absolute atomic E-state index is 12.6. The van der Waals surface area contributed by atoms with Crippen LogP contribution in [0.3, 0.4) is 0 Å². The third-order valence-corrected chi connectivity index (χ3v) is 4.64. The Morgan fingerprint density at radius 3 is 2.37 bits per heavy atom. The predicted octanol–water partition coefficient (Wildman–Crippen LogP) is 2.45. The Morgan fingerprint density at radius 1 is 1.07 bits per heavy atom. The molecule has 0 spiro atoms. The van der Waals surface area contributed by atoms with Gasteiger partial charge >= 0.3 is 0 Å². The molecule has 7 nitrogen and oxygen atoms in total. The van der Waals surface area contributed by atoms with E-state index in [9.17, 15) is 9.59 Å². The second-order valence-electron chi connectivity index (χ2n) is 6.56. The summed E-state index contributed by atoms with van der Waals surface area (Å²) in [6.45, 7) is 5.78. The highest BCUT2D eigenvalue weighted by Gasteiger charge is 2.23. The number of amides is 2. The zero-order valence-corrected chi connectivity index (χ0v) is 15.9. The predicted molar refractivity (Wildman–Crippen MR) is 103 cm³/mol. The molecule has 2 heterocycles. The normalized spacial score (nSPS) is 14.0. The molecule has 0 atom stereocenters. The summed E-state index contributed by atoms with van der Waals surface area (Å²) in [6.07, 6.45) is 1.57. The van der Waals surface area contributed by atoms with Crippen LogP contribution in [-0.4, -0.2) is 59.9 Å². The standard InChI is InChI=1S/C20H24N4O3/c1-14-4-6-18(27-3)17(12-14)22-19-7-5-16(13-21-19)20(26)24-10-8-23(9-11-24)15(2)25/h4-7,12-13H,8-11H2,1-3H3,(H,21,22). The fourth-order valence-electron chi connectivity index (χ4n) is 3.06. The molecule has 142 valence electrons. The Balaban J connectivity index is 1.66. The average molecular weight is 368 g/mol. The number of carbonyl (C=O) groups excluding carboxylic acids is 2. The van der Waals surface area contributed by atoms with Crippen molar-refractivity contribution in [3.05, 3.63) is 47.7 Å². The van der Waals surface area contributed by atoms with Crippen molar-refractivity contribution in [2.24, 2.45) is 0 Å². The Labute approximate surface area is 158 Å². The summed E-state index contributed by atoms with van der Waals surface area (Å²) < 4.78 is 5.36. The molecule has 1 saturated heterocycles. The molecule has 1 fully saturated rings. The van der Waals surface area contributed by atoms with Gasteiger partial charge in [-0.15, -0.1) is 0 Å². The lowest BCUT2D eigenvalue weighted by atomic mass is 10.2. The van der Waals surface area contributed by atoms with Crippen molar-refractivity contribution in [1.29, 1.82) is 0 Å². The summed E-state index contributed by atoms with van der Waals surface area (Å²) in [5.74, 6) is 1.35. The maximum atomic E-state index is 12.6. The van der Waals surface area contributed by atoms with Gasteiger partial charge in [-0.2, -0.15) is 0 Å². The molecule has 1 aliphatic heterocycles. The maximum Gasteiger partial charge on any atom is 0.255 e. The third-order valence-electron chi connectivity index (χ3n) is 4.64. The van der Waals surface area contributed by atoms with Gasteiger partial charge in [0.15, 0.2) is 0 Å². The molecule has 0 bridgehead atoms. The van der Waals surface area contributed by atoms with Crippen molar-refractivity contribution in [2.75, 3.05) is 38.6 Å². The first-order valence-electron chi connectivity index (χ1n) is 8.90. The van der Waals surface area contributed by atoms with E-state index >= 15 is 0 Å². The lowest BCUT2D eigenvalue weighted by molar-refractivity contribution is -0.130. The van der Waals surface area contributed by atoms with Crippen molar-refractivity contribution in [1.82, 2.24) is 14.8 Å². The molecular weight excluding hydrogens is 344 g/mol. The number of aromatic nitrogens is 1. The minimum Gasteiger partial charge on any atom is -0.495 e. The number of hydrogen-bond acceptors (Lipinski definition) is 5. The summed E-state index contributed by atoms with van der Waals surface area (Å²) in [5.41, 5.74) is 2.47. The first-order chi connectivity index (χ1) is 13.0. The van der Waals surface area contributed by atoms with Gasteiger partial charge in [0.25, 0.3) is 5.91 Å². The fraction of sp³-hybridized carbons (Fsp3) is 0.350. The van der Waals surface area contributed by atoms with Gasteiger partial charge in [0.2, 0.25) is 5.91 Å². The van der Waals surface area contributed by atoms with E-state index in [0.29, 0.717) is 37.6 Å². The molecule has 7 heteroatoms. The minimum atomic E-state index is -0.0645. The molecule has 2 amide bonds. The van der Waals surface area contributed by atoms with Crippen molar-refractivity contribution in [3.63, 3.8) is 0 Å². The van der Waals surface area contributed by atoms with Crippen LogP contribution in [0.5, 0.6) is 5.75 Å². The molecule has 0 aliphatic carbocycles. The van der Waals surface area contributed by atoms with Crippen LogP contribution in [0, 0.1) is 6.92 Å². The van der Waals surface area contributed by atoms with Crippen molar-refractivity contribution in [3.8, 4) is 5.75 Å². The smallest absolute Gasteiger partial charge is 0.255 e. The number of piperazine rings is 1. The number of ether oxygens (including phenoxy) is 1. The van der Waals surface area contributed by atoms with E-state index in [2.05, 4.69) is 10.3 Å². The van der Waals surface area contributed by atoms with Crippen LogP contribution in [0.4, 0.5) is 11.5 Å². The second-order valence-corrected chi connectivity index (χ2v) is 6.56. The number of aryl methyl sites for hydroxylation is 1. The van der Waals surface area contributed by atoms with Crippen LogP contribution in [0.1, 0.15) is 22.8 Å². The largest absolute Gasteiger partial charge is 0.495 e. The number of nitrogens with one attached hydrogen (secondary N) is 1. The van der Waals surface area contributed by atoms with Gasteiger partial charge in [0.05, 0.1) is 18.4 Å². The molecule has 1 aliphatic rings. The molecular formula is C20H24N4O3. The quantitative estimate of drug-likeness (QED) is 0.897. The number of pyridine rings is 1. The highest BCUT2D eigenvalue weighted by atomic mass is 16.5. The zero-order valence-electron chi connectivity index (χ0n) is 15.9. The molecule has 3 rings (SSSR count). The van der Waals surface area contributed by atoms with E-state index < -0.39 is 0 Å². The number of carbonyl (C=O) groups is 2. The number of hydrogen-bond donors (Lipinski definition) is 1. The molecule has 1 aromatic heterocycles. The number of nitrogens with zero attached hydrogens (tertiary/aromatic N) is 3. The number of anilines is 2. The number of methoxy groups -OCH3 is 1. The second kappa shape index (κ2) is 8.07. The van der Waals surface area contributed by atoms with Gasteiger partial charge in [0.1, 0.15) is 11.6 Å². The summed E-state index contributed by atoms with van der Waals surface area (Å²) in [5, 5.41) is 3.22. The van der Waals surface area contributed by atoms with E-state index in [-0.39, 0.29) is 11.8 Å². The van der Waals surface area contributed by atoms with Crippen LogP contribution in [-0.2, 0) is 4.79 Å². The fourth-order valence-corrected chi connectivity index (χ4v) is 3.06. The van der Waals surface area contributed by atoms with Gasteiger partial charge in [-0.25, -0.2) is 4.98 Å². The van der Waals surface area contributed by atoms with Gasteiger partial charge in [-0.1, -0.05) is 6.07 Å². The lowest BCUT2D eigenvalue weighted by Crippen LogP contribution is -2.50. The summed E-state index contributed by atoms with van der Waals surface area (Å²) >= 11 is 0.